The smallest absolute Gasteiger partial charge is 0.128 e. The topological polar surface area (TPSA) is 35.6 Å². The lowest BCUT2D eigenvalue weighted by molar-refractivity contribution is 0.738. The van der Waals surface area contributed by atoms with E-state index in [1.54, 1.807) is 0 Å². The molecule has 0 aliphatic rings. The highest BCUT2D eigenvalue weighted by Gasteiger charge is 2.15. The zero-order valence-corrected chi connectivity index (χ0v) is 12.6. The first-order valence-corrected chi connectivity index (χ1v) is 7.06. The normalized spacial score (nSPS) is 13.0. The number of rotatable bonds is 3. The third-order valence-corrected chi connectivity index (χ3v) is 3.58. The zero-order chi connectivity index (χ0) is 14.3. The molecule has 0 fully saturated rings. The third-order valence-electron chi connectivity index (χ3n) is 3.39. The lowest BCUT2D eigenvalue weighted by Gasteiger charge is -2.09. The van der Waals surface area contributed by atoms with Gasteiger partial charge in [-0.1, -0.05) is 6.07 Å². The Morgan fingerprint density at radius 1 is 1.35 bits per heavy atom. The van der Waals surface area contributed by atoms with Gasteiger partial charge in [-0.3, -0.25) is 4.68 Å². The number of aryl methyl sites for hydroxylation is 2. The average Bonchev–Trinajstić information content (AvgIpc) is 2.94. The lowest BCUT2D eigenvalue weighted by Crippen LogP contribution is -2.05. The van der Waals surface area contributed by atoms with Crippen molar-refractivity contribution in [3.05, 3.63) is 47.5 Å². The predicted octanol–water partition coefficient (Wildman–Crippen LogP) is 3.43. The molecular formula is C15H17ClN4. The van der Waals surface area contributed by atoms with E-state index in [1.165, 1.54) is 5.56 Å². The van der Waals surface area contributed by atoms with E-state index >= 15 is 0 Å². The molecule has 4 nitrogen and oxygen atoms in total. The summed E-state index contributed by atoms with van der Waals surface area (Å²) < 4.78 is 3.98. The van der Waals surface area contributed by atoms with Crippen LogP contribution in [0.4, 0.5) is 0 Å². The highest BCUT2D eigenvalue weighted by Crippen LogP contribution is 2.26. The van der Waals surface area contributed by atoms with Gasteiger partial charge in [0, 0.05) is 18.8 Å². The van der Waals surface area contributed by atoms with Crippen LogP contribution in [0.2, 0.25) is 0 Å². The molecule has 3 rings (SSSR count). The summed E-state index contributed by atoms with van der Waals surface area (Å²) in [7, 11) is 1.92. The van der Waals surface area contributed by atoms with Gasteiger partial charge in [0.05, 0.1) is 29.2 Å². The second kappa shape index (κ2) is 4.94. The third kappa shape index (κ3) is 2.31. The minimum Gasteiger partial charge on any atom is -0.322 e. The molecular weight excluding hydrogens is 272 g/mol. The summed E-state index contributed by atoms with van der Waals surface area (Å²) in [5.74, 6) is 0.899. The van der Waals surface area contributed by atoms with Gasteiger partial charge < -0.3 is 4.57 Å². The number of benzene rings is 1. The van der Waals surface area contributed by atoms with E-state index in [0.717, 1.165) is 29.0 Å². The largest absolute Gasteiger partial charge is 0.322 e. The summed E-state index contributed by atoms with van der Waals surface area (Å²) in [5.41, 5.74) is 4.46. The van der Waals surface area contributed by atoms with Crippen molar-refractivity contribution in [2.45, 2.75) is 25.8 Å². The Kier molecular flexibility index (Phi) is 3.26. The molecule has 5 heteroatoms. The minimum absolute atomic E-state index is 0.126. The van der Waals surface area contributed by atoms with E-state index in [4.69, 9.17) is 11.6 Å². The highest BCUT2D eigenvalue weighted by atomic mass is 35.5. The molecule has 3 aromatic rings. The van der Waals surface area contributed by atoms with Gasteiger partial charge in [-0.15, -0.1) is 11.6 Å². The first kappa shape index (κ1) is 13.2. The Bertz CT molecular complexity index is 754. The van der Waals surface area contributed by atoms with Gasteiger partial charge in [0.15, 0.2) is 0 Å². The summed E-state index contributed by atoms with van der Waals surface area (Å²) in [6.45, 7) is 4.76. The molecule has 0 amide bonds. The van der Waals surface area contributed by atoms with Crippen LogP contribution in [0.5, 0.6) is 0 Å². The maximum absolute atomic E-state index is 6.29. The quantitative estimate of drug-likeness (QED) is 0.692. The van der Waals surface area contributed by atoms with E-state index in [0.29, 0.717) is 0 Å². The van der Waals surface area contributed by atoms with E-state index in [9.17, 15) is 0 Å². The molecule has 1 unspecified atom stereocenters. The summed E-state index contributed by atoms with van der Waals surface area (Å²) in [6.07, 6.45) is 3.89. The van der Waals surface area contributed by atoms with Gasteiger partial charge in [0.1, 0.15) is 5.82 Å². The second-order valence-corrected chi connectivity index (χ2v) is 5.84. The Labute approximate surface area is 123 Å². The Morgan fingerprint density at radius 3 is 2.80 bits per heavy atom. The molecule has 0 saturated heterocycles. The van der Waals surface area contributed by atoms with E-state index in [2.05, 4.69) is 39.8 Å². The summed E-state index contributed by atoms with van der Waals surface area (Å²) in [4.78, 5) is 4.68. The van der Waals surface area contributed by atoms with Crippen molar-refractivity contribution >= 4 is 22.6 Å². The van der Waals surface area contributed by atoms with Gasteiger partial charge in [0.25, 0.3) is 0 Å². The predicted molar refractivity (Wildman–Crippen MR) is 81.0 cm³/mol. The lowest BCUT2D eigenvalue weighted by atomic mass is 10.2. The summed E-state index contributed by atoms with van der Waals surface area (Å²) in [6, 6.07) is 6.31. The van der Waals surface area contributed by atoms with Crippen LogP contribution >= 0.6 is 11.6 Å². The molecule has 1 aromatic carbocycles. The maximum atomic E-state index is 6.29. The van der Waals surface area contributed by atoms with Crippen LogP contribution in [-0.2, 0) is 13.6 Å². The molecule has 2 heterocycles. The molecule has 0 saturated carbocycles. The Balaban J connectivity index is 2.13. The van der Waals surface area contributed by atoms with Crippen LogP contribution < -0.4 is 0 Å². The van der Waals surface area contributed by atoms with Crippen molar-refractivity contribution in [3.63, 3.8) is 0 Å². The maximum Gasteiger partial charge on any atom is 0.128 e. The zero-order valence-electron chi connectivity index (χ0n) is 11.8. The first-order chi connectivity index (χ1) is 9.54. The molecule has 0 bridgehead atoms. The van der Waals surface area contributed by atoms with Crippen molar-refractivity contribution in [1.82, 2.24) is 19.3 Å². The fourth-order valence-corrected chi connectivity index (χ4v) is 2.63. The standard InChI is InChI=1S/C15H17ClN4/c1-10-4-5-14-13(6-10)18-15(11(2)16)20(14)9-12-7-17-19(3)8-12/h4-8,11H,9H2,1-3H3. The van der Waals surface area contributed by atoms with Crippen LogP contribution in [0.1, 0.15) is 29.3 Å². The molecule has 104 valence electrons. The SMILES string of the molecule is Cc1ccc2c(c1)nc(C(C)Cl)n2Cc1cnn(C)c1. The van der Waals surface area contributed by atoms with Crippen molar-refractivity contribution in [1.29, 1.82) is 0 Å². The van der Waals surface area contributed by atoms with Crippen molar-refractivity contribution in [2.24, 2.45) is 7.05 Å². The summed E-state index contributed by atoms with van der Waals surface area (Å²) in [5, 5.41) is 4.09. The minimum atomic E-state index is -0.126. The van der Waals surface area contributed by atoms with Crippen LogP contribution in [-0.4, -0.2) is 19.3 Å². The molecule has 1 atom stereocenters. The fraction of sp³-hybridized carbons (Fsp3) is 0.333. The van der Waals surface area contributed by atoms with Crippen molar-refractivity contribution in [3.8, 4) is 0 Å². The number of imidazole rings is 1. The average molecular weight is 289 g/mol. The highest BCUT2D eigenvalue weighted by molar-refractivity contribution is 6.20. The van der Waals surface area contributed by atoms with Gasteiger partial charge >= 0.3 is 0 Å². The number of hydrogen-bond acceptors (Lipinski definition) is 2. The van der Waals surface area contributed by atoms with Crippen LogP contribution in [0, 0.1) is 6.92 Å². The van der Waals surface area contributed by atoms with Crippen molar-refractivity contribution < 1.29 is 0 Å². The number of halogens is 1. The van der Waals surface area contributed by atoms with Gasteiger partial charge in [-0.25, -0.2) is 4.98 Å². The number of aromatic nitrogens is 4. The van der Waals surface area contributed by atoms with Gasteiger partial charge in [0.2, 0.25) is 0 Å². The van der Waals surface area contributed by atoms with Crippen molar-refractivity contribution in [2.75, 3.05) is 0 Å². The van der Waals surface area contributed by atoms with E-state index < -0.39 is 0 Å². The number of hydrogen-bond donors (Lipinski definition) is 0. The second-order valence-electron chi connectivity index (χ2n) is 5.19. The molecule has 0 N–H and O–H groups in total. The molecule has 20 heavy (non-hydrogen) atoms. The Morgan fingerprint density at radius 2 is 2.15 bits per heavy atom. The Hall–Kier alpha value is -1.81. The molecule has 2 aromatic heterocycles. The molecule has 0 aliphatic carbocycles. The fourth-order valence-electron chi connectivity index (χ4n) is 2.46. The first-order valence-electron chi connectivity index (χ1n) is 6.63. The van der Waals surface area contributed by atoms with Gasteiger partial charge in [-0.2, -0.15) is 5.10 Å². The molecule has 0 radical (unpaired) electrons. The molecule has 0 aliphatic heterocycles. The van der Waals surface area contributed by atoms with E-state index in [1.807, 2.05) is 31.0 Å². The number of alkyl halides is 1. The molecule has 0 spiro atoms. The monoisotopic (exact) mass is 288 g/mol. The summed E-state index contributed by atoms with van der Waals surface area (Å²) >= 11 is 6.29. The van der Waals surface area contributed by atoms with Gasteiger partial charge in [-0.05, 0) is 31.5 Å². The van der Waals surface area contributed by atoms with Crippen LogP contribution in [0.3, 0.4) is 0 Å². The van der Waals surface area contributed by atoms with E-state index in [-0.39, 0.29) is 5.38 Å². The van der Waals surface area contributed by atoms with Crippen LogP contribution in [0.15, 0.2) is 30.6 Å². The number of fused-ring (bicyclic) bond motifs is 1. The number of nitrogens with zero attached hydrogens (tertiary/aromatic N) is 4. The van der Waals surface area contributed by atoms with Crippen LogP contribution in [0.25, 0.3) is 11.0 Å².